The second kappa shape index (κ2) is 19.0. The van der Waals surface area contributed by atoms with Gasteiger partial charge in [0.15, 0.2) is 0 Å². The molecule has 2 aliphatic rings. The maximum atomic E-state index is 2.37. The molecule has 0 heteroatoms. The third-order valence-corrected chi connectivity index (χ3v) is 4.20. The molecule has 0 unspecified atom stereocenters. The second-order valence-electron chi connectivity index (χ2n) is 6.11. The zero-order valence-corrected chi connectivity index (χ0v) is 15.1. The van der Waals surface area contributed by atoms with Crippen molar-refractivity contribution in [3.05, 3.63) is 0 Å². The molecule has 0 nitrogen and oxygen atoms in total. The molecule has 2 fully saturated rings. The Balaban J connectivity index is -0.000000224. The van der Waals surface area contributed by atoms with Gasteiger partial charge < -0.3 is 0 Å². The monoisotopic (exact) mass is 286 g/mol. The van der Waals surface area contributed by atoms with E-state index >= 15 is 0 Å². The minimum atomic E-state index is 0. The first-order valence-electron chi connectivity index (χ1n) is 9.18. The quantitative estimate of drug-likeness (QED) is 0.422. The fourth-order valence-electron chi connectivity index (χ4n) is 2.73. The molecule has 126 valence electrons. The molecule has 0 N–H and O–H groups in total. The minimum Gasteiger partial charge on any atom is -0.0776 e. The van der Waals surface area contributed by atoms with Gasteiger partial charge in [-0.1, -0.05) is 114 Å². The summed E-state index contributed by atoms with van der Waals surface area (Å²) in [4.78, 5) is 0. The first-order valence-corrected chi connectivity index (χ1v) is 9.18. The van der Waals surface area contributed by atoms with Crippen LogP contribution in [0.2, 0.25) is 0 Å². The van der Waals surface area contributed by atoms with Crippen LogP contribution in [0.4, 0.5) is 0 Å². The topological polar surface area (TPSA) is 0 Å². The highest BCUT2D eigenvalue weighted by Crippen LogP contribution is 2.27. The standard InChI is InChI=1S/C8H16.C7H14.2C2H6.CH4/c1-7-3-5-8(2)6-4-7;1-7-5-3-2-4-6-7;2*1-2;/h7-8H,3-6H2,1-2H3;7H,2-6H2,1H3;2*1-2H3;1H4. The van der Waals surface area contributed by atoms with Gasteiger partial charge in [0.2, 0.25) is 0 Å². The molecule has 0 aliphatic heterocycles. The summed E-state index contributed by atoms with van der Waals surface area (Å²) < 4.78 is 0. The van der Waals surface area contributed by atoms with Crippen molar-refractivity contribution in [3.8, 4) is 0 Å². The highest BCUT2D eigenvalue weighted by molar-refractivity contribution is 4.65. The molecule has 0 heterocycles. The lowest BCUT2D eigenvalue weighted by molar-refractivity contribution is 0.308. The van der Waals surface area contributed by atoms with Gasteiger partial charge in [0, 0.05) is 0 Å². The third-order valence-electron chi connectivity index (χ3n) is 4.20. The average molecular weight is 287 g/mol. The Morgan fingerprint density at radius 3 is 0.900 bits per heavy atom. The van der Waals surface area contributed by atoms with Crippen molar-refractivity contribution in [2.45, 2.75) is 114 Å². The normalized spacial score (nSPS) is 25.4. The zero-order chi connectivity index (χ0) is 15.1. The van der Waals surface area contributed by atoms with E-state index in [4.69, 9.17) is 0 Å². The summed E-state index contributed by atoms with van der Waals surface area (Å²) in [6.07, 6.45) is 13.3. The van der Waals surface area contributed by atoms with E-state index in [0.717, 1.165) is 17.8 Å². The summed E-state index contributed by atoms with van der Waals surface area (Å²) >= 11 is 0. The molecule has 0 atom stereocenters. The van der Waals surface area contributed by atoms with Gasteiger partial charge in [0.1, 0.15) is 0 Å². The summed E-state index contributed by atoms with van der Waals surface area (Å²) in [5.41, 5.74) is 0. The van der Waals surface area contributed by atoms with Crippen molar-refractivity contribution in [2.75, 3.05) is 0 Å². The van der Waals surface area contributed by atoms with Gasteiger partial charge in [-0.15, -0.1) is 0 Å². The second-order valence-corrected chi connectivity index (χ2v) is 6.11. The van der Waals surface area contributed by atoms with Crippen LogP contribution in [0.25, 0.3) is 0 Å². The van der Waals surface area contributed by atoms with E-state index < -0.39 is 0 Å². The van der Waals surface area contributed by atoms with E-state index in [1.54, 1.807) is 0 Å². The molecule has 0 radical (unpaired) electrons. The molecular formula is C20H46. The van der Waals surface area contributed by atoms with Crippen LogP contribution in [-0.4, -0.2) is 0 Å². The SMILES string of the molecule is C.CC.CC.CC1CCC(C)CC1.CC1CCCCC1. The molecule has 0 bridgehead atoms. The Bertz CT molecular complexity index is 126. The van der Waals surface area contributed by atoms with E-state index in [0.29, 0.717) is 0 Å². The molecule has 0 spiro atoms. The van der Waals surface area contributed by atoms with Gasteiger partial charge in [-0.3, -0.25) is 0 Å². The average Bonchev–Trinajstić information content (AvgIpc) is 2.48. The molecule has 2 rings (SSSR count). The lowest BCUT2D eigenvalue weighted by atomic mass is 9.84. The summed E-state index contributed by atoms with van der Waals surface area (Å²) in [6, 6.07) is 0. The largest absolute Gasteiger partial charge is 0.0776 e. The highest BCUT2D eigenvalue weighted by atomic mass is 14.2. The van der Waals surface area contributed by atoms with Crippen LogP contribution < -0.4 is 0 Å². The summed E-state index contributed by atoms with van der Waals surface area (Å²) in [6.45, 7) is 15.1. The molecule has 0 aromatic heterocycles. The fraction of sp³-hybridized carbons (Fsp3) is 1.00. The maximum absolute atomic E-state index is 2.37. The van der Waals surface area contributed by atoms with Crippen LogP contribution in [0, 0.1) is 17.8 Å². The first kappa shape index (κ1) is 25.0. The van der Waals surface area contributed by atoms with Crippen LogP contribution >= 0.6 is 0 Å². The van der Waals surface area contributed by atoms with Crippen molar-refractivity contribution in [1.29, 1.82) is 0 Å². The maximum Gasteiger partial charge on any atom is -0.0443 e. The van der Waals surface area contributed by atoms with Gasteiger partial charge in [0.25, 0.3) is 0 Å². The molecule has 0 saturated heterocycles. The molecule has 0 amide bonds. The molecular weight excluding hydrogens is 240 g/mol. The van der Waals surface area contributed by atoms with Gasteiger partial charge in [0.05, 0.1) is 0 Å². The van der Waals surface area contributed by atoms with Crippen LogP contribution in [-0.2, 0) is 0 Å². The van der Waals surface area contributed by atoms with Crippen molar-refractivity contribution in [2.24, 2.45) is 17.8 Å². The van der Waals surface area contributed by atoms with Crippen LogP contribution in [0.3, 0.4) is 0 Å². The Labute approximate surface area is 132 Å². The Hall–Kier alpha value is 0. The van der Waals surface area contributed by atoms with Crippen LogP contribution in [0.5, 0.6) is 0 Å². The van der Waals surface area contributed by atoms with Crippen molar-refractivity contribution >= 4 is 0 Å². The molecule has 2 aliphatic carbocycles. The summed E-state index contributed by atoms with van der Waals surface area (Å²) in [5.74, 6) is 3.08. The lowest BCUT2D eigenvalue weighted by Gasteiger charge is -2.22. The van der Waals surface area contributed by atoms with Crippen molar-refractivity contribution in [3.63, 3.8) is 0 Å². The van der Waals surface area contributed by atoms with Crippen LogP contribution in [0.1, 0.15) is 114 Å². The van der Waals surface area contributed by atoms with E-state index in [-0.39, 0.29) is 7.43 Å². The van der Waals surface area contributed by atoms with Crippen molar-refractivity contribution in [1.82, 2.24) is 0 Å². The lowest BCUT2D eigenvalue weighted by Crippen LogP contribution is -2.08. The molecule has 0 aromatic rings. The Morgan fingerprint density at radius 2 is 0.700 bits per heavy atom. The Morgan fingerprint density at radius 1 is 0.450 bits per heavy atom. The highest BCUT2D eigenvalue weighted by Gasteiger charge is 2.13. The van der Waals surface area contributed by atoms with E-state index in [2.05, 4.69) is 20.8 Å². The number of rotatable bonds is 0. The first-order chi connectivity index (χ1) is 9.18. The summed E-state index contributed by atoms with van der Waals surface area (Å²) in [7, 11) is 0. The number of hydrogen-bond donors (Lipinski definition) is 0. The molecule has 0 aromatic carbocycles. The fourth-order valence-corrected chi connectivity index (χ4v) is 2.73. The number of hydrogen-bond acceptors (Lipinski definition) is 0. The predicted octanol–water partition coefficient (Wildman–Crippen LogP) is 8.11. The molecule has 2 saturated carbocycles. The van der Waals surface area contributed by atoms with Gasteiger partial charge in [-0.25, -0.2) is 0 Å². The van der Waals surface area contributed by atoms with Crippen molar-refractivity contribution < 1.29 is 0 Å². The van der Waals surface area contributed by atoms with Crippen LogP contribution in [0.15, 0.2) is 0 Å². The third kappa shape index (κ3) is 16.1. The minimum absolute atomic E-state index is 0. The predicted molar refractivity (Wildman–Crippen MR) is 98.5 cm³/mol. The zero-order valence-electron chi connectivity index (χ0n) is 15.1. The smallest absolute Gasteiger partial charge is 0.0443 e. The van der Waals surface area contributed by atoms with E-state index in [1.807, 2.05) is 27.7 Å². The van der Waals surface area contributed by atoms with E-state index in [9.17, 15) is 0 Å². The van der Waals surface area contributed by atoms with Gasteiger partial charge in [-0.05, 0) is 17.8 Å². The summed E-state index contributed by atoms with van der Waals surface area (Å²) in [5, 5.41) is 0. The van der Waals surface area contributed by atoms with Gasteiger partial charge >= 0.3 is 0 Å². The molecule has 20 heavy (non-hydrogen) atoms. The van der Waals surface area contributed by atoms with Gasteiger partial charge in [-0.2, -0.15) is 0 Å². The Kier molecular flexibility index (Phi) is 23.7. The van der Waals surface area contributed by atoms with E-state index in [1.165, 1.54) is 57.8 Å².